The van der Waals surface area contributed by atoms with E-state index in [2.05, 4.69) is 5.32 Å². The third kappa shape index (κ3) is 8.58. The molecular formula is C22H29NO9S. The number of benzene rings is 1. The van der Waals surface area contributed by atoms with Crippen molar-refractivity contribution >= 4 is 35.8 Å². The van der Waals surface area contributed by atoms with Crippen molar-refractivity contribution in [2.45, 2.75) is 64.1 Å². The zero-order chi connectivity index (χ0) is 24.4. The minimum atomic E-state index is -1.05. The number of amides is 1. The molecule has 0 unspecified atom stereocenters. The molecule has 0 aromatic heterocycles. The van der Waals surface area contributed by atoms with Gasteiger partial charge in [0.05, 0.1) is 0 Å². The molecule has 0 saturated carbocycles. The van der Waals surface area contributed by atoms with Gasteiger partial charge >= 0.3 is 24.0 Å². The predicted molar refractivity (Wildman–Crippen MR) is 118 cm³/mol. The first-order valence-corrected chi connectivity index (χ1v) is 11.5. The van der Waals surface area contributed by atoms with Crippen LogP contribution < -0.4 is 5.32 Å². The lowest BCUT2D eigenvalue weighted by Gasteiger charge is -2.28. The van der Waals surface area contributed by atoms with E-state index in [0.717, 1.165) is 5.56 Å². The van der Waals surface area contributed by atoms with E-state index in [0.29, 0.717) is 5.75 Å². The molecule has 1 heterocycles. The molecule has 1 N–H and O–H groups in total. The first-order valence-electron chi connectivity index (χ1n) is 10.4. The van der Waals surface area contributed by atoms with Crippen LogP contribution in [0.4, 0.5) is 4.79 Å². The van der Waals surface area contributed by atoms with Gasteiger partial charge in [-0.1, -0.05) is 37.3 Å². The number of alkyl carbamates (subject to hydrolysis) is 1. The van der Waals surface area contributed by atoms with E-state index < -0.39 is 53.8 Å². The monoisotopic (exact) mass is 483 g/mol. The summed E-state index contributed by atoms with van der Waals surface area (Å²) in [6.07, 6.45) is -3.78. The summed E-state index contributed by atoms with van der Waals surface area (Å²) in [6.45, 7) is 5.28. The maximum absolute atomic E-state index is 12.5. The van der Waals surface area contributed by atoms with Gasteiger partial charge in [-0.3, -0.25) is 14.4 Å². The Morgan fingerprint density at radius 2 is 1.73 bits per heavy atom. The van der Waals surface area contributed by atoms with Gasteiger partial charge in [-0.2, -0.15) is 0 Å². The number of ether oxygens (including phenoxy) is 5. The van der Waals surface area contributed by atoms with Crippen LogP contribution in [0.1, 0.15) is 33.3 Å². The lowest BCUT2D eigenvalue weighted by molar-refractivity contribution is -0.173. The van der Waals surface area contributed by atoms with Crippen LogP contribution in [0.15, 0.2) is 30.3 Å². The Bertz CT molecular complexity index is 819. The zero-order valence-corrected chi connectivity index (χ0v) is 19.8. The number of hydrogen-bond donors (Lipinski definition) is 1. The van der Waals surface area contributed by atoms with Gasteiger partial charge in [0.1, 0.15) is 30.8 Å². The third-order valence-electron chi connectivity index (χ3n) is 4.53. The van der Waals surface area contributed by atoms with Gasteiger partial charge in [0, 0.05) is 20.8 Å². The van der Waals surface area contributed by atoms with Crippen LogP contribution in [0.5, 0.6) is 0 Å². The highest BCUT2D eigenvalue weighted by Crippen LogP contribution is 2.34. The second-order valence-corrected chi connectivity index (χ2v) is 8.56. The molecule has 1 aromatic carbocycles. The highest BCUT2D eigenvalue weighted by molar-refractivity contribution is 7.99. The molecule has 33 heavy (non-hydrogen) atoms. The van der Waals surface area contributed by atoms with Crippen molar-refractivity contribution in [3.05, 3.63) is 35.9 Å². The molecule has 1 amide bonds. The van der Waals surface area contributed by atoms with E-state index in [9.17, 15) is 19.2 Å². The molecule has 1 saturated heterocycles. The normalized spacial score (nSPS) is 22.7. The van der Waals surface area contributed by atoms with E-state index in [1.54, 1.807) is 0 Å². The van der Waals surface area contributed by atoms with Crippen LogP contribution in [0.3, 0.4) is 0 Å². The fourth-order valence-corrected chi connectivity index (χ4v) is 4.24. The number of thioether (sulfide) groups is 1. The van der Waals surface area contributed by atoms with Gasteiger partial charge in [0.15, 0.2) is 12.2 Å². The second kappa shape index (κ2) is 13.0. The molecule has 1 aliphatic rings. The van der Waals surface area contributed by atoms with Crippen LogP contribution in [0.25, 0.3) is 0 Å². The first kappa shape index (κ1) is 26.5. The second-order valence-electron chi connectivity index (χ2n) is 7.18. The van der Waals surface area contributed by atoms with Crippen molar-refractivity contribution in [2.75, 3.05) is 12.4 Å². The van der Waals surface area contributed by atoms with Gasteiger partial charge in [0.2, 0.25) is 0 Å². The molecule has 0 bridgehead atoms. The number of carbonyl (C=O) groups excluding carboxylic acids is 4. The molecule has 182 valence electrons. The van der Waals surface area contributed by atoms with E-state index in [4.69, 9.17) is 23.7 Å². The highest BCUT2D eigenvalue weighted by atomic mass is 32.2. The van der Waals surface area contributed by atoms with Crippen molar-refractivity contribution in [1.29, 1.82) is 0 Å². The summed E-state index contributed by atoms with van der Waals surface area (Å²) in [5.41, 5.74) is 0.171. The molecule has 11 heteroatoms. The number of carbonyl (C=O) groups is 4. The molecule has 0 spiro atoms. The Balaban J connectivity index is 2.21. The Labute approximate surface area is 196 Å². The molecule has 0 aliphatic carbocycles. The molecule has 1 aliphatic heterocycles. The summed E-state index contributed by atoms with van der Waals surface area (Å²) in [5, 5.41) is 2.71. The molecule has 1 aromatic rings. The smallest absolute Gasteiger partial charge is 0.407 e. The van der Waals surface area contributed by atoms with E-state index in [1.165, 1.54) is 32.5 Å². The Morgan fingerprint density at radius 1 is 1.03 bits per heavy atom. The van der Waals surface area contributed by atoms with Gasteiger partial charge in [0.25, 0.3) is 0 Å². The van der Waals surface area contributed by atoms with Gasteiger partial charge < -0.3 is 29.0 Å². The lowest BCUT2D eigenvalue weighted by Crippen LogP contribution is -2.51. The number of rotatable bonds is 10. The first-order chi connectivity index (χ1) is 15.7. The number of nitrogens with one attached hydrogen (secondary N) is 1. The quantitative estimate of drug-likeness (QED) is 0.391. The molecule has 0 radical (unpaired) electrons. The van der Waals surface area contributed by atoms with Crippen LogP contribution in [-0.4, -0.2) is 66.2 Å². The lowest BCUT2D eigenvalue weighted by atomic mass is 10.0. The average Bonchev–Trinajstić information content (AvgIpc) is 3.06. The van der Waals surface area contributed by atoms with Crippen molar-refractivity contribution in [1.82, 2.24) is 5.32 Å². The summed E-state index contributed by atoms with van der Waals surface area (Å²) >= 11 is 1.37. The van der Waals surface area contributed by atoms with Crippen LogP contribution in [0.2, 0.25) is 0 Å². The maximum atomic E-state index is 12.5. The highest BCUT2D eigenvalue weighted by Gasteiger charge is 2.52. The topological polar surface area (TPSA) is 126 Å². The fourth-order valence-electron chi connectivity index (χ4n) is 3.27. The Hall–Kier alpha value is -2.79. The fraction of sp³-hybridized carbons (Fsp3) is 0.545. The Kier molecular flexibility index (Phi) is 10.5. The summed E-state index contributed by atoms with van der Waals surface area (Å²) in [6, 6.07) is 8.34. The molecule has 10 nitrogen and oxygen atoms in total. The van der Waals surface area contributed by atoms with Gasteiger partial charge in [-0.15, -0.1) is 11.8 Å². The minimum Gasteiger partial charge on any atom is -0.462 e. The average molecular weight is 484 g/mol. The summed E-state index contributed by atoms with van der Waals surface area (Å²) < 4.78 is 27.1. The molecule has 5 atom stereocenters. The SMILES string of the molecule is CCS[C@H]1O[C@@H]([C@@H](COC(C)=O)OC(C)=O)[C@@H](OC(C)=O)[C@H]1NC(=O)OCc1ccccc1. The maximum Gasteiger partial charge on any atom is 0.407 e. The van der Waals surface area contributed by atoms with Crippen molar-refractivity contribution in [3.8, 4) is 0 Å². The number of esters is 3. The largest absolute Gasteiger partial charge is 0.462 e. The minimum absolute atomic E-state index is 0.0516. The van der Waals surface area contributed by atoms with Gasteiger partial charge in [-0.05, 0) is 11.3 Å². The summed E-state index contributed by atoms with van der Waals surface area (Å²) in [7, 11) is 0. The number of hydrogen-bond acceptors (Lipinski definition) is 10. The van der Waals surface area contributed by atoms with Gasteiger partial charge in [-0.25, -0.2) is 4.79 Å². The van der Waals surface area contributed by atoms with Crippen LogP contribution in [-0.2, 0) is 44.7 Å². The van der Waals surface area contributed by atoms with Crippen molar-refractivity contribution in [3.63, 3.8) is 0 Å². The molecular weight excluding hydrogens is 454 g/mol. The predicted octanol–water partition coefficient (Wildman–Crippen LogP) is 2.19. The van der Waals surface area contributed by atoms with Crippen LogP contribution in [0, 0.1) is 0 Å². The van der Waals surface area contributed by atoms with Crippen molar-refractivity contribution < 1.29 is 42.9 Å². The molecule has 2 rings (SSSR count). The third-order valence-corrected chi connectivity index (χ3v) is 5.59. The summed E-state index contributed by atoms with van der Waals surface area (Å²) in [5.74, 6) is -1.19. The van der Waals surface area contributed by atoms with E-state index in [1.807, 2.05) is 37.3 Å². The van der Waals surface area contributed by atoms with E-state index >= 15 is 0 Å². The standard InChI is InChI=1S/C22H29NO9S/c1-5-33-21-18(23-22(27)29-11-16-9-7-6-8-10-16)20(31-15(4)26)19(32-21)17(30-14(3)25)12-28-13(2)24/h6-10,17-21H,5,11-12H2,1-4H3,(H,23,27)/t17-,18-,19+,20+,21-/m1/s1. The zero-order valence-electron chi connectivity index (χ0n) is 19.0. The summed E-state index contributed by atoms with van der Waals surface area (Å²) in [4.78, 5) is 47.3. The van der Waals surface area contributed by atoms with Crippen LogP contribution >= 0.6 is 11.8 Å². The van der Waals surface area contributed by atoms with Crippen molar-refractivity contribution in [2.24, 2.45) is 0 Å². The Morgan fingerprint density at radius 3 is 2.30 bits per heavy atom. The molecule has 1 fully saturated rings. The van der Waals surface area contributed by atoms with E-state index in [-0.39, 0.29) is 13.2 Å².